The molecule has 1 aromatic heterocycles. The largest absolute Gasteiger partial charge is 0.465 e. The molecule has 0 spiro atoms. The van der Waals surface area contributed by atoms with E-state index in [1.165, 1.54) is 32.4 Å². The minimum absolute atomic E-state index is 0.556. The zero-order chi connectivity index (χ0) is 22.3. The highest BCUT2D eigenvalue weighted by atomic mass is 35.5. The molecule has 2 heterocycles. The molecule has 0 N–H and O–H groups in total. The lowest BCUT2D eigenvalue weighted by Gasteiger charge is -2.26. The number of nitrogens with zero attached hydrogens (tertiary/aromatic N) is 1. The van der Waals surface area contributed by atoms with Crippen molar-refractivity contribution in [1.29, 1.82) is 0 Å². The Hall–Kier alpha value is -2.04. The van der Waals surface area contributed by atoms with Gasteiger partial charge in [0.2, 0.25) is 0 Å². The van der Waals surface area contributed by atoms with Crippen LogP contribution in [0.2, 0.25) is 10.0 Å². The standard InChI is InChI=1S/C27H29Cl2NO2/c1-20(27-6-5-14-32-27)16-21-7-8-22(23-9-10-25(28)26(29)18-23)17-24(21)19-31-15-13-30-11-3-2-4-12-30/h5-10,14,16-18H,2-4,11-13,15,19H2,1H3. The monoisotopic (exact) mass is 469 g/mol. The normalized spacial score (nSPS) is 15.3. The SMILES string of the molecule is CC(=Cc1ccc(-c2ccc(Cl)c(Cl)c2)cc1COCCN1CCCCC1)c1ccco1. The molecule has 0 atom stereocenters. The van der Waals surface area contributed by atoms with E-state index in [0.29, 0.717) is 16.7 Å². The number of hydrogen-bond donors (Lipinski definition) is 0. The number of rotatable bonds is 8. The number of halogens is 2. The maximum Gasteiger partial charge on any atom is 0.129 e. The molecule has 168 valence electrons. The van der Waals surface area contributed by atoms with Gasteiger partial charge in [-0.3, -0.25) is 0 Å². The van der Waals surface area contributed by atoms with E-state index in [0.717, 1.165) is 46.7 Å². The lowest BCUT2D eigenvalue weighted by molar-refractivity contribution is 0.0863. The van der Waals surface area contributed by atoms with Gasteiger partial charge < -0.3 is 14.1 Å². The molecule has 1 aliphatic heterocycles. The van der Waals surface area contributed by atoms with Crippen molar-refractivity contribution < 1.29 is 9.15 Å². The van der Waals surface area contributed by atoms with Gasteiger partial charge in [0.25, 0.3) is 0 Å². The van der Waals surface area contributed by atoms with Gasteiger partial charge in [-0.15, -0.1) is 0 Å². The van der Waals surface area contributed by atoms with E-state index in [1.54, 1.807) is 6.26 Å². The molecule has 0 amide bonds. The summed E-state index contributed by atoms with van der Waals surface area (Å²) in [5.74, 6) is 0.871. The molecule has 32 heavy (non-hydrogen) atoms. The van der Waals surface area contributed by atoms with E-state index in [9.17, 15) is 0 Å². The van der Waals surface area contributed by atoms with Gasteiger partial charge in [0.15, 0.2) is 0 Å². The van der Waals surface area contributed by atoms with Crippen molar-refractivity contribution >= 4 is 34.9 Å². The van der Waals surface area contributed by atoms with E-state index in [-0.39, 0.29) is 0 Å². The van der Waals surface area contributed by atoms with Crippen molar-refractivity contribution in [3.63, 3.8) is 0 Å². The van der Waals surface area contributed by atoms with Crippen molar-refractivity contribution in [1.82, 2.24) is 4.90 Å². The van der Waals surface area contributed by atoms with Crippen molar-refractivity contribution in [2.24, 2.45) is 0 Å². The molecule has 0 unspecified atom stereocenters. The minimum Gasteiger partial charge on any atom is -0.465 e. The summed E-state index contributed by atoms with van der Waals surface area (Å²) in [6.07, 6.45) is 7.80. The first-order valence-corrected chi connectivity index (χ1v) is 12.0. The van der Waals surface area contributed by atoms with Crippen molar-refractivity contribution in [2.45, 2.75) is 32.8 Å². The molecule has 5 heteroatoms. The van der Waals surface area contributed by atoms with Crippen LogP contribution in [0.25, 0.3) is 22.8 Å². The van der Waals surface area contributed by atoms with E-state index in [4.69, 9.17) is 32.4 Å². The summed E-state index contributed by atoms with van der Waals surface area (Å²) in [4.78, 5) is 2.50. The molecule has 3 nitrogen and oxygen atoms in total. The van der Waals surface area contributed by atoms with E-state index < -0.39 is 0 Å². The molecule has 0 radical (unpaired) electrons. The lowest BCUT2D eigenvalue weighted by Crippen LogP contribution is -2.32. The number of hydrogen-bond acceptors (Lipinski definition) is 3. The topological polar surface area (TPSA) is 25.6 Å². The number of benzene rings is 2. The highest BCUT2D eigenvalue weighted by Gasteiger charge is 2.11. The average molecular weight is 470 g/mol. The fraction of sp³-hybridized carbons (Fsp3) is 0.333. The molecule has 1 aliphatic rings. The maximum absolute atomic E-state index is 6.26. The number of furan rings is 1. The van der Waals surface area contributed by atoms with Gasteiger partial charge in [0, 0.05) is 6.54 Å². The van der Waals surface area contributed by atoms with Crippen molar-refractivity contribution in [2.75, 3.05) is 26.2 Å². The van der Waals surface area contributed by atoms with Gasteiger partial charge in [0.1, 0.15) is 5.76 Å². The third-order valence-electron chi connectivity index (χ3n) is 5.94. The fourth-order valence-corrected chi connectivity index (χ4v) is 4.39. The first-order valence-electron chi connectivity index (χ1n) is 11.2. The zero-order valence-corrected chi connectivity index (χ0v) is 20.0. The van der Waals surface area contributed by atoms with Crippen LogP contribution in [0.3, 0.4) is 0 Å². The molecule has 3 aromatic rings. The van der Waals surface area contributed by atoms with Gasteiger partial charge in [0.05, 0.1) is 29.5 Å². The number of allylic oxidation sites excluding steroid dienone is 1. The molecule has 0 bridgehead atoms. The fourth-order valence-electron chi connectivity index (χ4n) is 4.09. The predicted octanol–water partition coefficient (Wildman–Crippen LogP) is 7.82. The lowest BCUT2D eigenvalue weighted by atomic mass is 9.98. The van der Waals surface area contributed by atoms with Crippen molar-refractivity contribution in [3.05, 3.63) is 81.7 Å². The van der Waals surface area contributed by atoms with Crippen LogP contribution < -0.4 is 0 Å². The second kappa shape index (κ2) is 11.2. The summed E-state index contributed by atoms with van der Waals surface area (Å²) >= 11 is 12.4. The molecule has 1 fully saturated rings. The highest BCUT2D eigenvalue weighted by molar-refractivity contribution is 6.42. The van der Waals surface area contributed by atoms with Gasteiger partial charge in [-0.25, -0.2) is 0 Å². The van der Waals surface area contributed by atoms with Crippen LogP contribution in [0, 0.1) is 0 Å². The Bertz CT molecular complexity index is 1050. The van der Waals surface area contributed by atoms with Crippen molar-refractivity contribution in [3.8, 4) is 11.1 Å². The molecular formula is C27H29Cl2NO2. The van der Waals surface area contributed by atoms with Crippen LogP contribution >= 0.6 is 23.2 Å². The molecular weight excluding hydrogens is 441 g/mol. The first-order chi connectivity index (χ1) is 15.6. The van der Waals surface area contributed by atoms with Gasteiger partial charge in [-0.05, 0) is 97.1 Å². The van der Waals surface area contributed by atoms with Crippen LogP contribution in [-0.4, -0.2) is 31.1 Å². The van der Waals surface area contributed by atoms with Crippen LogP contribution in [0.1, 0.15) is 43.1 Å². The van der Waals surface area contributed by atoms with Crippen LogP contribution in [0.15, 0.2) is 59.2 Å². The predicted molar refractivity (Wildman–Crippen MR) is 134 cm³/mol. The van der Waals surface area contributed by atoms with Crippen LogP contribution in [-0.2, 0) is 11.3 Å². The summed E-state index contributed by atoms with van der Waals surface area (Å²) in [5, 5.41) is 1.12. The number of ether oxygens (including phenoxy) is 1. The second-order valence-electron chi connectivity index (χ2n) is 8.30. The minimum atomic E-state index is 0.556. The van der Waals surface area contributed by atoms with E-state index in [2.05, 4.69) is 36.1 Å². The Labute approximate surface area is 200 Å². The number of piperidine rings is 1. The zero-order valence-electron chi connectivity index (χ0n) is 18.4. The van der Waals surface area contributed by atoms with Gasteiger partial charge in [-0.1, -0.05) is 47.8 Å². The third-order valence-corrected chi connectivity index (χ3v) is 6.67. The van der Waals surface area contributed by atoms with E-state index in [1.807, 2.05) is 30.3 Å². The summed E-state index contributed by atoms with van der Waals surface area (Å²) in [7, 11) is 0. The van der Waals surface area contributed by atoms with Gasteiger partial charge in [-0.2, -0.15) is 0 Å². The summed E-state index contributed by atoms with van der Waals surface area (Å²) in [6, 6.07) is 16.0. The average Bonchev–Trinajstić information content (AvgIpc) is 3.35. The highest BCUT2D eigenvalue weighted by Crippen LogP contribution is 2.31. The number of likely N-dealkylation sites (tertiary alicyclic amines) is 1. The molecule has 0 aliphatic carbocycles. The quantitative estimate of drug-likeness (QED) is 0.314. The van der Waals surface area contributed by atoms with Gasteiger partial charge >= 0.3 is 0 Å². The molecule has 2 aromatic carbocycles. The smallest absolute Gasteiger partial charge is 0.129 e. The molecule has 4 rings (SSSR count). The Kier molecular flexibility index (Phi) is 8.10. The maximum atomic E-state index is 6.26. The Balaban J connectivity index is 1.54. The molecule has 0 saturated carbocycles. The van der Waals surface area contributed by atoms with Crippen LogP contribution in [0.4, 0.5) is 0 Å². The van der Waals surface area contributed by atoms with Crippen LogP contribution in [0.5, 0.6) is 0 Å². The second-order valence-corrected chi connectivity index (χ2v) is 9.12. The first kappa shape index (κ1) is 23.1. The Morgan fingerprint density at radius 2 is 1.78 bits per heavy atom. The Morgan fingerprint density at radius 3 is 2.53 bits per heavy atom. The molecule has 1 saturated heterocycles. The summed E-state index contributed by atoms with van der Waals surface area (Å²) in [5.41, 5.74) is 5.46. The Morgan fingerprint density at radius 1 is 1.00 bits per heavy atom. The summed E-state index contributed by atoms with van der Waals surface area (Å²) < 4.78 is 11.7. The summed E-state index contributed by atoms with van der Waals surface area (Å²) in [6.45, 7) is 6.71. The van der Waals surface area contributed by atoms with E-state index >= 15 is 0 Å². The third kappa shape index (κ3) is 6.05.